The van der Waals surface area contributed by atoms with Crippen molar-refractivity contribution in [3.05, 3.63) is 33.6 Å². The highest BCUT2D eigenvalue weighted by Gasteiger charge is 2.17. The van der Waals surface area contributed by atoms with Crippen molar-refractivity contribution in [1.29, 1.82) is 0 Å². The molecule has 2 aromatic rings. The van der Waals surface area contributed by atoms with Gasteiger partial charge in [-0.05, 0) is 23.7 Å². The zero-order valence-corrected chi connectivity index (χ0v) is 11.8. The van der Waals surface area contributed by atoms with Gasteiger partial charge >= 0.3 is 11.7 Å². The molecule has 9 nitrogen and oxygen atoms in total. The second-order valence-electron chi connectivity index (χ2n) is 3.65. The minimum atomic E-state index is -0.578. The van der Waals surface area contributed by atoms with E-state index in [1.165, 1.54) is 25.3 Å². The van der Waals surface area contributed by atoms with E-state index >= 15 is 0 Å². The molecule has 0 saturated carbocycles. The molecular formula is C11H10ClN5O4. The highest BCUT2D eigenvalue weighted by molar-refractivity contribution is 6.28. The highest BCUT2D eigenvalue weighted by Crippen LogP contribution is 2.32. The number of rotatable bonds is 5. The fourth-order valence-electron chi connectivity index (χ4n) is 1.47. The van der Waals surface area contributed by atoms with Crippen molar-refractivity contribution in [2.24, 2.45) is 0 Å². The van der Waals surface area contributed by atoms with E-state index in [0.29, 0.717) is 0 Å². The number of nitrogens with zero attached hydrogens (tertiary/aromatic N) is 4. The molecule has 0 bridgehead atoms. The summed E-state index contributed by atoms with van der Waals surface area (Å²) in [7, 11) is 2.95. The largest absolute Gasteiger partial charge is 0.490 e. The van der Waals surface area contributed by atoms with Crippen LogP contribution in [0.5, 0.6) is 17.5 Å². The van der Waals surface area contributed by atoms with Gasteiger partial charge in [-0.25, -0.2) is 0 Å². The molecule has 0 spiro atoms. The van der Waals surface area contributed by atoms with Crippen LogP contribution in [0.2, 0.25) is 5.28 Å². The summed E-state index contributed by atoms with van der Waals surface area (Å²) >= 11 is 5.71. The normalized spacial score (nSPS) is 10.0. The number of hydrogen-bond donors (Lipinski definition) is 1. The summed E-state index contributed by atoms with van der Waals surface area (Å²) in [6.07, 6.45) is 0. The second kappa shape index (κ2) is 6.18. The topological polar surface area (TPSA) is 112 Å². The van der Waals surface area contributed by atoms with E-state index in [1.54, 1.807) is 7.05 Å². The van der Waals surface area contributed by atoms with Crippen molar-refractivity contribution in [2.45, 2.75) is 0 Å². The maximum atomic E-state index is 10.9. The second-order valence-corrected chi connectivity index (χ2v) is 3.99. The van der Waals surface area contributed by atoms with Crippen molar-refractivity contribution >= 4 is 23.2 Å². The van der Waals surface area contributed by atoms with E-state index in [1.807, 2.05) is 0 Å². The van der Waals surface area contributed by atoms with Crippen molar-refractivity contribution in [1.82, 2.24) is 15.0 Å². The van der Waals surface area contributed by atoms with Gasteiger partial charge < -0.3 is 14.8 Å². The lowest BCUT2D eigenvalue weighted by atomic mass is 10.3. The van der Waals surface area contributed by atoms with Crippen LogP contribution in [0.1, 0.15) is 0 Å². The van der Waals surface area contributed by atoms with E-state index in [2.05, 4.69) is 20.3 Å². The van der Waals surface area contributed by atoms with Crippen LogP contribution in [0.15, 0.2) is 18.2 Å². The van der Waals surface area contributed by atoms with Crippen LogP contribution in [0.25, 0.3) is 0 Å². The Hall–Kier alpha value is -2.68. The third-order valence-electron chi connectivity index (χ3n) is 2.37. The Labute approximate surface area is 124 Å². The molecule has 0 saturated heterocycles. The molecule has 21 heavy (non-hydrogen) atoms. The summed E-state index contributed by atoms with van der Waals surface area (Å²) in [6, 6.07) is 4.02. The molecule has 0 atom stereocenters. The summed E-state index contributed by atoms with van der Waals surface area (Å²) in [6.45, 7) is 0. The molecule has 10 heteroatoms. The minimum Gasteiger partial charge on any atom is -0.490 e. The fourth-order valence-corrected chi connectivity index (χ4v) is 1.62. The first kappa shape index (κ1) is 14.7. The molecule has 0 aliphatic heterocycles. The Morgan fingerprint density at radius 3 is 2.71 bits per heavy atom. The van der Waals surface area contributed by atoms with Gasteiger partial charge in [0.15, 0.2) is 5.75 Å². The molecule has 110 valence electrons. The van der Waals surface area contributed by atoms with Crippen molar-refractivity contribution in [2.75, 3.05) is 19.5 Å². The summed E-state index contributed by atoms with van der Waals surface area (Å²) in [4.78, 5) is 21.8. The predicted molar refractivity (Wildman–Crippen MR) is 74.1 cm³/mol. The van der Waals surface area contributed by atoms with Gasteiger partial charge in [0.2, 0.25) is 11.2 Å². The number of halogens is 1. The first-order chi connectivity index (χ1) is 10.0. The van der Waals surface area contributed by atoms with Crippen LogP contribution < -0.4 is 14.8 Å². The number of methoxy groups -OCH3 is 1. The summed E-state index contributed by atoms with van der Waals surface area (Å²) in [5, 5.41) is 13.6. The molecule has 2 rings (SSSR count). The molecule has 0 radical (unpaired) electrons. The Morgan fingerprint density at radius 1 is 1.33 bits per heavy atom. The Bertz CT molecular complexity index is 682. The number of aromatic nitrogens is 3. The average Bonchev–Trinajstić information content (AvgIpc) is 2.46. The molecule has 0 unspecified atom stereocenters. The number of ether oxygens (including phenoxy) is 2. The van der Waals surface area contributed by atoms with Crippen LogP contribution in [0.4, 0.5) is 11.6 Å². The standard InChI is InChI=1S/C11H10ClN5O4/c1-13-10-14-9(12)15-11(16-10)21-6-3-4-8(20-2)7(5-6)17(18)19/h3-5H,1-2H3,(H,13,14,15,16). The van der Waals surface area contributed by atoms with E-state index in [0.717, 1.165) is 0 Å². The first-order valence-electron chi connectivity index (χ1n) is 5.63. The summed E-state index contributed by atoms with van der Waals surface area (Å²) in [5.41, 5.74) is -0.232. The van der Waals surface area contributed by atoms with Crippen LogP contribution >= 0.6 is 11.6 Å². The average molecular weight is 312 g/mol. The number of nitro groups is 1. The lowest BCUT2D eigenvalue weighted by Crippen LogP contribution is -2.01. The van der Waals surface area contributed by atoms with E-state index in [9.17, 15) is 10.1 Å². The monoisotopic (exact) mass is 311 g/mol. The molecular weight excluding hydrogens is 302 g/mol. The molecule has 0 aliphatic rings. The van der Waals surface area contributed by atoms with E-state index in [-0.39, 0.29) is 34.4 Å². The molecule has 1 aromatic carbocycles. The highest BCUT2D eigenvalue weighted by atomic mass is 35.5. The van der Waals surface area contributed by atoms with Gasteiger partial charge in [0, 0.05) is 7.05 Å². The smallest absolute Gasteiger partial charge is 0.328 e. The molecule has 1 heterocycles. The maximum absolute atomic E-state index is 10.9. The van der Waals surface area contributed by atoms with Gasteiger partial charge in [-0.3, -0.25) is 10.1 Å². The maximum Gasteiger partial charge on any atom is 0.328 e. The van der Waals surface area contributed by atoms with Gasteiger partial charge in [0.1, 0.15) is 5.75 Å². The van der Waals surface area contributed by atoms with Gasteiger partial charge in [-0.1, -0.05) is 0 Å². The number of benzene rings is 1. The van der Waals surface area contributed by atoms with E-state index in [4.69, 9.17) is 21.1 Å². The van der Waals surface area contributed by atoms with E-state index < -0.39 is 4.92 Å². The van der Waals surface area contributed by atoms with Crippen molar-refractivity contribution in [3.63, 3.8) is 0 Å². The van der Waals surface area contributed by atoms with Crippen LogP contribution in [0.3, 0.4) is 0 Å². The zero-order chi connectivity index (χ0) is 15.4. The Morgan fingerprint density at radius 2 is 2.10 bits per heavy atom. The van der Waals surface area contributed by atoms with Crippen molar-refractivity contribution in [3.8, 4) is 17.5 Å². The summed E-state index contributed by atoms with van der Waals surface area (Å²) < 4.78 is 10.2. The SMILES string of the molecule is CNc1nc(Cl)nc(Oc2ccc(OC)c([N+](=O)[O-])c2)n1. The van der Waals surface area contributed by atoms with Gasteiger partial charge in [-0.15, -0.1) is 0 Å². The fraction of sp³-hybridized carbons (Fsp3) is 0.182. The quantitative estimate of drug-likeness (QED) is 0.661. The van der Waals surface area contributed by atoms with Gasteiger partial charge in [0.05, 0.1) is 18.1 Å². The van der Waals surface area contributed by atoms with Gasteiger partial charge in [-0.2, -0.15) is 15.0 Å². The zero-order valence-electron chi connectivity index (χ0n) is 11.0. The molecule has 0 aliphatic carbocycles. The van der Waals surface area contributed by atoms with Crippen LogP contribution in [-0.4, -0.2) is 34.0 Å². The molecule has 0 fully saturated rings. The van der Waals surface area contributed by atoms with Gasteiger partial charge in [0.25, 0.3) is 0 Å². The Kier molecular flexibility index (Phi) is 4.33. The number of anilines is 1. The number of hydrogen-bond acceptors (Lipinski definition) is 8. The third-order valence-corrected chi connectivity index (χ3v) is 2.54. The van der Waals surface area contributed by atoms with Crippen LogP contribution in [0, 0.1) is 10.1 Å². The van der Waals surface area contributed by atoms with Crippen LogP contribution in [-0.2, 0) is 0 Å². The number of nitrogens with one attached hydrogen (secondary N) is 1. The van der Waals surface area contributed by atoms with Crippen molar-refractivity contribution < 1.29 is 14.4 Å². The third kappa shape index (κ3) is 3.45. The minimum absolute atomic E-state index is 0.0626. The predicted octanol–water partition coefficient (Wildman–Crippen LogP) is 2.28. The molecule has 0 amide bonds. The Balaban J connectivity index is 2.33. The molecule has 1 N–H and O–H groups in total. The molecule has 1 aromatic heterocycles. The lowest BCUT2D eigenvalue weighted by Gasteiger charge is -2.07. The number of nitro benzene ring substituents is 1. The lowest BCUT2D eigenvalue weighted by molar-refractivity contribution is -0.385. The summed E-state index contributed by atoms with van der Waals surface area (Å²) in [5.74, 6) is 0.511. The first-order valence-corrected chi connectivity index (χ1v) is 6.01.